The van der Waals surface area contributed by atoms with Crippen LogP contribution in [0, 0.1) is 46.8 Å². The zero-order chi connectivity index (χ0) is 11.2. The molecule has 0 aromatic heterocycles. The van der Waals surface area contributed by atoms with E-state index in [1.807, 2.05) is 0 Å². The van der Waals surface area contributed by atoms with Gasteiger partial charge >= 0.3 is 0 Å². The molecule has 17 heavy (non-hydrogen) atoms. The molecule has 0 heterocycles. The summed E-state index contributed by atoms with van der Waals surface area (Å²) in [5, 5.41) is 0. The first kappa shape index (κ1) is 8.34. The smallest absolute Gasteiger partial charge is 0.00554 e. The molecule has 0 amide bonds. The Hall–Kier alpha value is -0.780. The highest BCUT2D eigenvalue weighted by molar-refractivity contribution is 5.63. The van der Waals surface area contributed by atoms with Crippen molar-refractivity contribution in [2.45, 2.75) is 19.3 Å². The van der Waals surface area contributed by atoms with Gasteiger partial charge in [0.1, 0.15) is 0 Å². The van der Waals surface area contributed by atoms with Crippen molar-refractivity contribution < 1.29 is 0 Å². The third-order valence-corrected chi connectivity index (χ3v) is 7.98. The summed E-state index contributed by atoms with van der Waals surface area (Å²) in [6, 6.07) is 11.5. The van der Waals surface area contributed by atoms with Gasteiger partial charge in [0.05, 0.1) is 0 Å². The van der Waals surface area contributed by atoms with Crippen LogP contribution in [0.3, 0.4) is 0 Å². The molecule has 6 saturated carbocycles. The standard InChI is InChI=1S/C17H18/c1-8(2)16-10-13-11(16)15-12(16)14(10)17(13,15)9-6-4-3-5-7-9/h3-8,10-15H,1-2H3. The normalized spacial score (nSPS) is 66.1. The molecule has 1 aromatic carbocycles. The van der Waals surface area contributed by atoms with Gasteiger partial charge in [0, 0.05) is 5.41 Å². The Balaban J connectivity index is 1.48. The van der Waals surface area contributed by atoms with Crippen molar-refractivity contribution >= 4 is 0 Å². The van der Waals surface area contributed by atoms with Crippen LogP contribution in [-0.4, -0.2) is 0 Å². The Morgan fingerprint density at radius 2 is 1.35 bits per heavy atom. The van der Waals surface area contributed by atoms with Crippen LogP contribution >= 0.6 is 0 Å². The minimum Gasteiger partial charge on any atom is -0.0622 e. The predicted molar refractivity (Wildman–Crippen MR) is 66.3 cm³/mol. The van der Waals surface area contributed by atoms with E-state index in [4.69, 9.17) is 0 Å². The van der Waals surface area contributed by atoms with Crippen LogP contribution in [0.5, 0.6) is 0 Å². The summed E-state index contributed by atoms with van der Waals surface area (Å²) in [4.78, 5) is 0. The minimum absolute atomic E-state index is 0.720. The van der Waals surface area contributed by atoms with Gasteiger partial charge in [0.2, 0.25) is 0 Å². The topological polar surface area (TPSA) is 0 Å². The lowest BCUT2D eigenvalue weighted by Gasteiger charge is -3.12. The van der Waals surface area contributed by atoms with E-state index in [9.17, 15) is 0 Å². The first-order valence-electron chi connectivity index (χ1n) is 7.34. The third kappa shape index (κ3) is 0.424. The van der Waals surface area contributed by atoms with Crippen LogP contribution in [0.1, 0.15) is 19.4 Å². The average Bonchev–Trinajstić information content (AvgIpc) is 2.39. The fourth-order valence-electron chi connectivity index (χ4n) is 8.07. The van der Waals surface area contributed by atoms with Gasteiger partial charge in [-0.05, 0) is 52.4 Å². The summed E-state index contributed by atoms with van der Waals surface area (Å²) in [5.74, 6) is 7.78. The molecule has 1 aromatic rings. The fraction of sp³-hybridized carbons (Fsp3) is 0.647. The van der Waals surface area contributed by atoms with Gasteiger partial charge in [-0.25, -0.2) is 0 Å². The molecule has 0 spiro atoms. The van der Waals surface area contributed by atoms with E-state index in [0.29, 0.717) is 0 Å². The lowest BCUT2D eigenvalue weighted by Crippen LogP contribution is -3.11. The van der Waals surface area contributed by atoms with E-state index >= 15 is 0 Å². The second kappa shape index (κ2) is 1.90. The maximum Gasteiger partial charge on any atom is 0.00554 e. The maximum absolute atomic E-state index is 2.48. The quantitative estimate of drug-likeness (QED) is 0.720. The second-order valence-corrected chi connectivity index (χ2v) is 7.61. The first-order valence-corrected chi connectivity index (χ1v) is 7.34. The summed E-state index contributed by atoms with van der Waals surface area (Å²) in [7, 11) is 0. The number of hydrogen-bond donors (Lipinski definition) is 0. The van der Waals surface area contributed by atoms with Gasteiger partial charge in [0.25, 0.3) is 0 Å². The van der Waals surface area contributed by atoms with E-state index < -0.39 is 0 Å². The largest absolute Gasteiger partial charge is 0.0622 e. The SMILES string of the molecule is CC(C)C12C3C4C1C1C2C3C41c1ccccc1. The molecule has 6 fully saturated rings. The van der Waals surface area contributed by atoms with Gasteiger partial charge < -0.3 is 0 Å². The molecule has 7 rings (SSSR count). The molecule has 86 valence electrons. The van der Waals surface area contributed by atoms with E-state index in [1.165, 1.54) is 0 Å². The summed E-state index contributed by atoms with van der Waals surface area (Å²) in [5.41, 5.74) is 3.29. The van der Waals surface area contributed by atoms with Crippen molar-refractivity contribution in [3.8, 4) is 0 Å². The fourth-order valence-corrected chi connectivity index (χ4v) is 8.07. The van der Waals surface area contributed by atoms with Gasteiger partial charge in [-0.2, -0.15) is 0 Å². The Labute approximate surface area is 102 Å². The van der Waals surface area contributed by atoms with Crippen LogP contribution in [0.2, 0.25) is 0 Å². The Kier molecular flexibility index (Phi) is 0.934. The number of hydrogen-bond acceptors (Lipinski definition) is 0. The molecular weight excluding hydrogens is 204 g/mol. The molecule has 6 aliphatic rings. The second-order valence-electron chi connectivity index (χ2n) is 7.61. The predicted octanol–water partition coefficient (Wildman–Crippen LogP) is 3.33. The maximum atomic E-state index is 2.48. The molecule has 6 aliphatic carbocycles. The van der Waals surface area contributed by atoms with Crippen molar-refractivity contribution in [3.63, 3.8) is 0 Å². The molecular formula is C17H18. The van der Waals surface area contributed by atoms with Gasteiger partial charge in [-0.1, -0.05) is 44.2 Å². The summed E-state index contributed by atoms with van der Waals surface area (Å²) in [6.45, 7) is 4.97. The van der Waals surface area contributed by atoms with Crippen LogP contribution in [0.4, 0.5) is 0 Å². The Morgan fingerprint density at radius 1 is 0.824 bits per heavy atom. The van der Waals surface area contributed by atoms with E-state index in [-0.39, 0.29) is 0 Å². The zero-order valence-electron chi connectivity index (χ0n) is 10.4. The molecule has 0 N–H and O–H groups in total. The van der Waals surface area contributed by atoms with Gasteiger partial charge in [-0.3, -0.25) is 0 Å². The number of benzene rings is 1. The highest BCUT2D eigenvalue weighted by Crippen LogP contribution is 3.10. The summed E-state index contributed by atoms with van der Waals surface area (Å²) in [6.07, 6.45) is 0. The molecule has 0 unspecified atom stereocenters. The molecule has 0 heteroatoms. The number of rotatable bonds is 2. The van der Waals surface area contributed by atoms with Crippen LogP contribution in [-0.2, 0) is 5.41 Å². The van der Waals surface area contributed by atoms with Crippen LogP contribution in [0.25, 0.3) is 0 Å². The van der Waals surface area contributed by atoms with Crippen molar-refractivity contribution in [1.29, 1.82) is 0 Å². The van der Waals surface area contributed by atoms with Crippen LogP contribution < -0.4 is 0 Å². The molecule has 0 nitrogen and oxygen atoms in total. The first-order chi connectivity index (χ1) is 8.28. The molecule has 0 bridgehead atoms. The van der Waals surface area contributed by atoms with E-state index in [1.54, 1.807) is 5.56 Å². The van der Waals surface area contributed by atoms with Crippen molar-refractivity contribution in [3.05, 3.63) is 35.9 Å². The highest BCUT2D eigenvalue weighted by Gasteiger charge is 3.09. The van der Waals surface area contributed by atoms with E-state index in [2.05, 4.69) is 44.2 Å². The third-order valence-electron chi connectivity index (χ3n) is 7.98. The van der Waals surface area contributed by atoms with Crippen molar-refractivity contribution in [2.24, 2.45) is 46.8 Å². The summed E-state index contributed by atoms with van der Waals surface area (Å²) < 4.78 is 0. The van der Waals surface area contributed by atoms with E-state index in [0.717, 1.165) is 52.3 Å². The molecule has 0 radical (unpaired) electrons. The lowest BCUT2D eigenvalue weighted by atomic mass is 8.91. The molecule has 0 atom stereocenters. The Morgan fingerprint density at radius 3 is 1.82 bits per heavy atom. The van der Waals surface area contributed by atoms with Gasteiger partial charge in [-0.15, -0.1) is 0 Å². The minimum atomic E-state index is 0.720. The van der Waals surface area contributed by atoms with Crippen molar-refractivity contribution in [1.82, 2.24) is 0 Å². The van der Waals surface area contributed by atoms with Gasteiger partial charge in [0.15, 0.2) is 0 Å². The van der Waals surface area contributed by atoms with Crippen LogP contribution in [0.15, 0.2) is 30.3 Å². The van der Waals surface area contributed by atoms with Crippen molar-refractivity contribution in [2.75, 3.05) is 0 Å². The lowest BCUT2D eigenvalue weighted by molar-refractivity contribution is -0.637. The highest BCUT2D eigenvalue weighted by atomic mass is 15.1. The Bertz CT molecular complexity index is 499. The monoisotopic (exact) mass is 222 g/mol. The molecule has 0 aliphatic heterocycles. The zero-order valence-corrected chi connectivity index (χ0v) is 10.4. The average molecular weight is 222 g/mol. The molecule has 0 saturated heterocycles. The summed E-state index contributed by atoms with van der Waals surface area (Å²) >= 11 is 0.